The van der Waals surface area contributed by atoms with E-state index in [0.717, 1.165) is 16.8 Å². The number of carboxylic acids is 1. The Morgan fingerprint density at radius 2 is 1.57 bits per heavy atom. The summed E-state index contributed by atoms with van der Waals surface area (Å²) in [7, 11) is 0. The Bertz CT molecular complexity index is 1800. The molecule has 0 unspecified atom stereocenters. The standard InChI is InChI=1S/C29H24N8O5/c1-17-6-7-22(14-18(17)2)32-28-33-27(31-21-8-10-23(11-9-21)37(40)41)34-29(35-28)36-30-16-24-12-13-25(42-24)19-4-3-5-20(15-19)26(38)39/h3-16H,1-2H3,(H,38,39)(H3,31,32,33,34,35,36). The zero-order chi connectivity index (χ0) is 29.6. The first-order valence-electron chi connectivity index (χ1n) is 12.6. The highest BCUT2D eigenvalue weighted by atomic mass is 16.6. The summed E-state index contributed by atoms with van der Waals surface area (Å²) in [6.45, 7) is 4.02. The van der Waals surface area contributed by atoms with Gasteiger partial charge in [-0.05, 0) is 73.5 Å². The molecule has 0 aliphatic heterocycles. The summed E-state index contributed by atoms with van der Waals surface area (Å²) < 4.78 is 5.79. The van der Waals surface area contributed by atoms with Crippen molar-refractivity contribution < 1.29 is 19.2 Å². The second kappa shape index (κ2) is 12.0. The minimum absolute atomic E-state index is 0.0411. The maximum absolute atomic E-state index is 11.3. The number of nitro groups is 1. The van der Waals surface area contributed by atoms with Crippen LogP contribution in [-0.2, 0) is 0 Å². The summed E-state index contributed by atoms with van der Waals surface area (Å²) >= 11 is 0. The summed E-state index contributed by atoms with van der Waals surface area (Å²) in [6, 6.07) is 21.5. The van der Waals surface area contributed by atoms with Gasteiger partial charge in [-0.25, -0.2) is 10.2 Å². The third kappa shape index (κ3) is 6.71. The zero-order valence-electron chi connectivity index (χ0n) is 22.4. The molecule has 0 radical (unpaired) electrons. The van der Waals surface area contributed by atoms with Gasteiger partial charge in [-0.1, -0.05) is 18.2 Å². The van der Waals surface area contributed by atoms with Crippen molar-refractivity contribution in [3.8, 4) is 11.3 Å². The van der Waals surface area contributed by atoms with Crippen molar-refractivity contribution >= 4 is 47.1 Å². The quantitative estimate of drug-likeness (QED) is 0.0850. The molecule has 13 nitrogen and oxygen atoms in total. The molecule has 3 aromatic carbocycles. The van der Waals surface area contributed by atoms with Gasteiger partial charge in [-0.3, -0.25) is 10.1 Å². The molecule has 0 atom stereocenters. The topological polar surface area (TPSA) is 181 Å². The number of carbonyl (C=O) groups is 1. The number of aryl methyl sites for hydroxylation is 2. The van der Waals surface area contributed by atoms with E-state index in [2.05, 4.69) is 36.1 Å². The second-order valence-electron chi connectivity index (χ2n) is 9.12. The molecule has 210 valence electrons. The number of carboxylic acid groups (broad SMARTS) is 1. The van der Waals surface area contributed by atoms with Crippen molar-refractivity contribution in [3.05, 3.63) is 111 Å². The van der Waals surface area contributed by atoms with Gasteiger partial charge in [-0.15, -0.1) is 0 Å². The van der Waals surface area contributed by atoms with Crippen molar-refractivity contribution in [2.75, 3.05) is 16.1 Å². The van der Waals surface area contributed by atoms with Crippen molar-refractivity contribution in [1.82, 2.24) is 15.0 Å². The number of nitrogens with zero attached hydrogens (tertiary/aromatic N) is 5. The monoisotopic (exact) mass is 564 g/mol. The lowest BCUT2D eigenvalue weighted by atomic mass is 10.1. The molecular weight excluding hydrogens is 540 g/mol. The molecule has 5 rings (SSSR count). The van der Waals surface area contributed by atoms with E-state index in [0.29, 0.717) is 22.8 Å². The van der Waals surface area contributed by atoms with Gasteiger partial charge in [0, 0.05) is 29.1 Å². The molecule has 0 amide bonds. The highest BCUT2D eigenvalue weighted by molar-refractivity contribution is 5.89. The number of non-ortho nitro benzene ring substituents is 1. The van der Waals surface area contributed by atoms with E-state index >= 15 is 0 Å². The Morgan fingerprint density at radius 1 is 0.881 bits per heavy atom. The van der Waals surface area contributed by atoms with E-state index in [1.165, 1.54) is 30.5 Å². The minimum Gasteiger partial charge on any atom is -0.478 e. The van der Waals surface area contributed by atoms with E-state index in [1.54, 1.807) is 36.4 Å². The molecule has 42 heavy (non-hydrogen) atoms. The molecule has 0 saturated heterocycles. The van der Waals surface area contributed by atoms with Crippen LogP contribution in [0.15, 0.2) is 88.4 Å². The van der Waals surface area contributed by atoms with Gasteiger partial charge in [0.1, 0.15) is 11.5 Å². The first kappa shape index (κ1) is 27.5. The zero-order valence-corrected chi connectivity index (χ0v) is 22.4. The molecule has 2 aromatic heterocycles. The fraction of sp³-hybridized carbons (Fsp3) is 0.0690. The van der Waals surface area contributed by atoms with Gasteiger partial charge in [0.25, 0.3) is 5.69 Å². The first-order chi connectivity index (χ1) is 20.2. The average molecular weight is 565 g/mol. The molecule has 2 heterocycles. The van der Waals surface area contributed by atoms with E-state index in [4.69, 9.17) is 4.42 Å². The van der Waals surface area contributed by atoms with Crippen LogP contribution in [0.1, 0.15) is 27.2 Å². The Morgan fingerprint density at radius 3 is 2.26 bits per heavy atom. The largest absolute Gasteiger partial charge is 0.478 e. The molecule has 0 aliphatic carbocycles. The van der Waals surface area contributed by atoms with E-state index in [-0.39, 0.29) is 29.1 Å². The van der Waals surface area contributed by atoms with Crippen LogP contribution in [0.4, 0.5) is 34.9 Å². The van der Waals surface area contributed by atoms with Crippen LogP contribution in [0.2, 0.25) is 0 Å². The number of anilines is 5. The maximum Gasteiger partial charge on any atom is 0.335 e. The Balaban J connectivity index is 1.36. The van der Waals surface area contributed by atoms with Crippen LogP contribution in [0, 0.1) is 24.0 Å². The fourth-order valence-corrected chi connectivity index (χ4v) is 3.82. The van der Waals surface area contributed by atoms with Gasteiger partial charge >= 0.3 is 5.97 Å². The van der Waals surface area contributed by atoms with Gasteiger partial charge < -0.3 is 20.2 Å². The van der Waals surface area contributed by atoms with E-state index < -0.39 is 10.9 Å². The van der Waals surface area contributed by atoms with Crippen LogP contribution < -0.4 is 16.1 Å². The van der Waals surface area contributed by atoms with Gasteiger partial charge in [0.2, 0.25) is 17.8 Å². The smallest absolute Gasteiger partial charge is 0.335 e. The number of benzene rings is 3. The van der Waals surface area contributed by atoms with Crippen molar-refractivity contribution in [2.45, 2.75) is 13.8 Å². The van der Waals surface area contributed by atoms with Crippen LogP contribution in [0.25, 0.3) is 11.3 Å². The first-order valence-corrected chi connectivity index (χ1v) is 12.6. The molecule has 0 bridgehead atoms. The average Bonchev–Trinajstić information content (AvgIpc) is 3.44. The van der Waals surface area contributed by atoms with Gasteiger partial charge in [-0.2, -0.15) is 20.1 Å². The number of aromatic carboxylic acids is 1. The number of rotatable bonds is 10. The SMILES string of the molecule is Cc1ccc(Nc2nc(NN=Cc3ccc(-c4cccc(C(=O)O)c4)o3)nc(Nc3ccc([N+](=O)[O-])cc3)n2)cc1C. The number of hydrazone groups is 1. The van der Waals surface area contributed by atoms with Crippen molar-refractivity contribution in [3.63, 3.8) is 0 Å². The highest BCUT2D eigenvalue weighted by Gasteiger charge is 2.11. The fourth-order valence-electron chi connectivity index (χ4n) is 3.82. The predicted molar refractivity (Wildman–Crippen MR) is 158 cm³/mol. The second-order valence-corrected chi connectivity index (χ2v) is 9.12. The molecular formula is C29H24N8O5. The summed E-state index contributed by atoms with van der Waals surface area (Å²) in [5, 5.41) is 30.6. The third-order valence-corrected chi connectivity index (χ3v) is 6.11. The van der Waals surface area contributed by atoms with Crippen LogP contribution >= 0.6 is 0 Å². The molecule has 4 N–H and O–H groups in total. The molecule has 0 aliphatic rings. The number of nitro benzene ring substituents is 1. The van der Waals surface area contributed by atoms with E-state index in [9.17, 15) is 20.0 Å². The summed E-state index contributed by atoms with van der Waals surface area (Å²) in [6.07, 6.45) is 1.42. The summed E-state index contributed by atoms with van der Waals surface area (Å²) in [5.41, 5.74) is 7.03. The highest BCUT2D eigenvalue weighted by Crippen LogP contribution is 2.24. The third-order valence-electron chi connectivity index (χ3n) is 6.11. The number of aromatic nitrogens is 3. The summed E-state index contributed by atoms with van der Waals surface area (Å²) in [5.74, 6) is 0.369. The van der Waals surface area contributed by atoms with Crippen LogP contribution in [0.5, 0.6) is 0 Å². The van der Waals surface area contributed by atoms with Crippen molar-refractivity contribution in [2.24, 2.45) is 5.10 Å². The van der Waals surface area contributed by atoms with E-state index in [1.807, 2.05) is 32.0 Å². The van der Waals surface area contributed by atoms with Crippen LogP contribution in [-0.4, -0.2) is 37.2 Å². The molecule has 13 heteroatoms. The maximum atomic E-state index is 11.3. The Hall–Kier alpha value is -6.11. The molecule has 0 spiro atoms. The Labute approximate surface area is 239 Å². The van der Waals surface area contributed by atoms with Crippen molar-refractivity contribution in [1.29, 1.82) is 0 Å². The lowest BCUT2D eigenvalue weighted by Crippen LogP contribution is -2.07. The molecule has 5 aromatic rings. The normalized spacial score (nSPS) is 10.9. The Kier molecular flexibility index (Phi) is 7.82. The lowest BCUT2D eigenvalue weighted by Gasteiger charge is -2.11. The molecule has 0 saturated carbocycles. The van der Waals surface area contributed by atoms with Gasteiger partial charge in [0.15, 0.2) is 0 Å². The summed E-state index contributed by atoms with van der Waals surface area (Å²) in [4.78, 5) is 35.0. The van der Waals surface area contributed by atoms with Crippen LogP contribution in [0.3, 0.4) is 0 Å². The lowest BCUT2D eigenvalue weighted by molar-refractivity contribution is -0.384. The number of hydrogen-bond acceptors (Lipinski definition) is 11. The number of hydrogen-bond donors (Lipinski definition) is 4. The van der Waals surface area contributed by atoms with Gasteiger partial charge in [0.05, 0.1) is 16.7 Å². The predicted octanol–water partition coefficient (Wildman–Crippen LogP) is 6.29. The number of nitrogens with one attached hydrogen (secondary N) is 3. The molecule has 0 fully saturated rings. The minimum atomic E-state index is -1.03. The number of furan rings is 1.